The van der Waals surface area contributed by atoms with Crippen molar-refractivity contribution in [2.24, 2.45) is 0 Å². The van der Waals surface area contributed by atoms with Gasteiger partial charge in [-0.1, -0.05) is 0 Å². The molecule has 0 atom stereocenters. The number of hydrogen-bond acceptors (Lipinski definition) is 7. The van der Waals surface area contributed by atoms with E-state index in [0.717, 1.165) is 0 Å². The number of carbonyl (C=O) groups excluding carboxylic acids is 1. The molecule has 19 heavy (non-hydrogen) atoms. The van der Waals surface area contributed by atoms with Crippen LogP contribution >= 0.6 is 0 Å². The fourth-order valence-electron chi connectivity index (χ4n) is 1.22. The lowest BCUT2D eigenvalue weighted by atomic mass is 10.5. The lowest BCUT2D eigenvalue weighted by Gasteiger charge is -2.16. The molecule has 0 saturated carbocycles. The van der Waals surface area contributed by atoms with Gasteiger partial charge in [-0.25, -0.2) is 0 Å². The van der Waals surface area contributed by atoms with Gasteiger partial charge in [0, 0.05) is 34.7 Å². The summed E-state index contributed by atoms with van der Waals surface area (Å²) in [6, 6.07) is 0. The Morgan fingerprint density at radius 3 is 2.32 bits per heavy atom. The summed E-state index contributed by atoms with van der Waals surface area (Å²) in [5.41, 5.74) is 0. The molecular formula is C11H21N7O. The third-order valence-corrected chi connectivity index (χ3v) is 2.55. The van der Waals surface area contributed by atoms with Crippen LogP contribution in [-0.2, 0) is 4.79 Å². The molecule has 0 bridgehead atoms. The zero-order valence-corrected chi connectivity index (χ0v) is 12.1. The van der Waals surface area contributed by atoms with Gasteiger partial charge in [-0.3, -0.25) is 4.79 Å². The van der Waals surface area contributed by atoms with Crippen molar-refractivity contribution in [1.29, 1.82) is 0 Å². The summed E-state index contributed by atoms with van der Waals surface area (Å²) >= 11 is 0. The summed E-state index contributed by atoms with van der Waals surface area (Å²) < 4.78 is 0. The van der Waals surface area contributed by atoms with Crippen LogP contribution in [0.25, 0.3) is 0 Å². The fraction of sp³-hybridized carbons (Fsp3) is 0.636. The van der Waals surface area contributed by atoms with Gasteiger partial charge in [-0.15, -0.1) is 0 Å². The van der Waals surface area contributed by atoms with Gasteiger partial charge in [-0.05, 0) is 6.92 Å². The van der Waals surface area contributed by atoms with Crippen LogP contribution in [0.15, 0.2) is 0 Å². The Hall–Kier alpha value is -2.12. The van der Waals surface area contributed by atoms with Crippen molar-refractivity contribution in [3.63, 3.8) is 0 Å². The lowest BCUT2D eigenvalue weighted by molar-refractivity contribution is -0.127. The number of amides is 1. The van der Waals surface area contributed by atoms with Crippen LogP contribution in [0.2, 0.25) is 0 Å². The maximum atomic E-state index is 11.7. The Labute approximate surface area is 113 Å². The van der Waals surface area contributed by atoms with Gasteiger partial charge >= 0.3 is 0 Å². The Balaban J connectivity index is 2.77. The van der Waals surface area contributed by atoms with Crippen molar-refractivity contribution in [1.82, 2.24) is 19.9 Å². The minimum Gasteiger partial charge on any atom is -0.357 e. The molecule has 0 aliphatic rings. The standard InChI is InChI=1S/C11H21N7O/c1-6-18(5)8(19)7-13-10-14-9(12-2)15-11(16-10)17(3)4/h6-7H2,1-5H3,(H2,12,13,14,15,16). The number of aromatic nitrogens is 3. The normalized spacial score (nSPS) is 9.95. The van der Waals surface area contributed by atoms with Gasteiger partial charge in [-0.2, -0.15) is 15.0 Å². The van der Waals surface area contributed by atoms with E-state index in [2.05, 4.69) is 25.6 Å². The van der Waals surface area contributed by atoms with Gasteiger partial charge in [0.25, 0.3) is 0 Å². The first-order valence-corrected chi connectivity index (χ1v) is 6.07. The second kappa shape index (κ2) is 6.72. The summed E-state index contributed by atoms with van der Waals surface area (Å²) in [5.74, 6) is 1.34. The van der Waals surface area contributed by atoms with Gasteiger partial charge in [0.15, 0.2) is 0 Å². The molecule has 0 aliphatic heterocycles. The first-order chi connectivity index (χ1) is 8.97. The highest BCUT2D eigenvalue weighted by Crippen LogP contribution is 2.10. The van der Waals surface area contributed by atoms with Crippen molar-refractivity contribution in [2.45, 2.75) is 6.92 Å². The SMILES string of the molecule is CCN(C)C(=O)CNc1nc(NC)nc(N(C)C)n1. The zero-order chi connectivity index (χ0) is 14.4. The highest BCUT2D eigenvalue weighted by Gasteiger charge is 2.10. The summed E-state index contributed by atoms with van der Waals surface area (Å²) in [7, 11) is 7.17. The van der Waals surface area contributed by atoms with E-state index in [-0.39, 0.29) is 12.5 Å². The van der Waals surface area contributed by atoms with E-state index in [1.54, 1.807) is 23.9 Å². The van der Waals surface area contributed by atoms with Gasteiger partial charge < -0.3 is 20.4 Å². The van der Waals surface area contributed by atoms with E-state index in [0.29, 0.717) is 24.4 Å². The van der Waals surface area contributed by atoms with Gasteiger partial charge in [0.1, 0.15) is 0 Å². The lowest BCUT2D eigenvalue weighted by Crippen LogP contribution is -2.32. The fourth-order valence-corrected chi connectivity index (χ4v) is 1.22. The van der Waals surface area contributed by atoms with E-state index in [4.69, 9.17) is 0 Å². The Bertz CT molecular complexity index is 435. The van der Waals surface area contributed by atoms with Crippen molar-refractivity contribution in [3.8, 4) is 0 Å². The molecule has 1 heterocycles. The Kier molecular flexibility index (Phi) is 5.28. The first-order valence-electron chi connectivity index (χ1n) is 6.07. The highest BCUT2D eigenvalue weighted by atomic mass is 16.2. The monoisotopic (exact) mass is 267 g/mol. The number of rotatable bonds is 6. The Morgan fingerprint density at radius 1 is 1.16 bits per heavy atom. The van der Waals surface area contributed by atoms with Crippen LogP contribution in [-0.4, -0.2) is 67.0 Å². The quantitative estimate of drug-likeness (QED) is 0.742. The zero-order valence-electron chi connectivity index (χ0n) is 12.1. The largest absolute Gasteiger partial charge is 0.357 e. The number of nitrogens with zero attached hydrogens (tertiary/aromatic N) is 5. The third kappa shape index (κ3) is 4.23. The summed E-state index contributed by atoms with van der Waals surface area (Å²) in [5, 5.41) is 5.77. The second-order valence-electron chi connectivity index (χ2n) is 4.19. The molecule has 0 aliphatic carbocycles. The molecule has 0 spiro atoms. The molecule has 0 fully saturated rings. The predicted molar refractivity (Wildman–Crippen MR) is 75.5 cm³/mol. The summed E-state index contributed by atoms with van der Waals surface area (Å²) in [6.45, 7) is 2.75. The maximum absolute atomic E-state index is 11.7. The molecule has 0 aromatic carbocycles. The average Bonchev–Trinajstić information content (AvgIpc) is 2.43. The number of anilines is 3. The molecule has 1 rings (SSSR count). The van der Waals surface area contributed by atoms with Gasteiger partial charge in [0.05, 0.1) is 6.54 Å². The number of likely N-dealkylation sites (N-methyl/N-ethyl adjacent to an activating group) is 1. The molecule has 8 nitrogen and oxygen atoms in total. The minimum absolute atomic E-state index is 0.0136. The topological polar surface area (TPSA) is 86.3 Å². The van der Waals surface area contributed by atoms with Crippen LogP contribution in [0.4, 0.5) is 17.8 Å². The van der Waals surface area contributed by atoms with Gasteiger partial charge in [0.2, 0.25) is 23.8 Å². The average molecular weight is 267 g/mol. The first kappa shape index (κ1) is 14.9. The smallest absolute Gasteiger partial charge is 0.241 e. The highest BCUT2D eigenvalue weighted by molar-refractivity contribution is 5.80. The number of nitrogens with one attached hydrogen (secondary N) is 2. The van der Waals surface area contributed by atoms with E-state index in [1.165, 1.54) is 0 Å². The molecule has 2 N–H and O–H groups in total. The van der Waals surface area contributed by atoms with Crippen molar-refractivity contribution in [3.05, 3.63) is 0 Å². The molecule has 1 aromatic rings. The van der Waals surface area contributed by atoms with E-state index in [1.807, 2.05) is 21.0 Å². The van der Waals surface area contributed by atoms with Crippen molar-refractivity contribution >= 4 is 23.8 Å². The molecule has 106 valence electrons. The molecule has 1 amide bonds. The van der Waals surface area contributed by atoms with E-state index in [9.17, 15) is 4.79 Å². The second-order valence-corrected chi connectivity index (χ2v) is 4.19. The maximum Gasteiger partial charge on any atom is 0.241 e. The number of hydrogen-bond donors (Lipinski definition) is 2. The number of carbonyl (C=O) groups is 1. The van der Waals surface area contributed by atoms with Crippen LogP contribution in [0.3, 0.4) is 0 Å². The molecule has 1 aromatic heterocycles. The minimum atomic E-state index is -0.0136. The van der Waals surface area contributed by atoms with Crippen LogP contribution < -0.4 is 15.5 Å². The predicted octanol–water partition coefficient (Wildman–Crippen LogP) is -0.130. The van der Waals surface area contributed by atoms with Crippen molar-refractivity contribution < 1.29 is 4.79 Å². The van der Waals surface area contributed by atoms with E-state index < -0.39 is 0 Å². The summed E-state index contributed by atoms with van der Waals surface area (Å²) in [4.78, 5) is 27.6. The Morgan fingerprint density at radius 2 is 1.79 bits per heavy atom. The van der Waals surface area contributed by atoms with Crippen LogP contribution in [0, 0.1) is 0 Å². The van der Waals surface area contributed by atoms with Crippen molar-refractivity contribution in [2.75, 3.05) is 56.8 Å². The van der Waals surface area contributed by atoms with E-state index >= 15 is 0 Å². The van der Waals surface area contributed by atoms with Crippen LogP contribution in [0.1, 0.15) is 6.92 Å². The van der Waals surface area contributed by atoms with Crippen LogP contribution in [0.5, 0.6) is 0 Å². The molecule has 0 saturated heterocycles. The molecule has 0 radical (unpaired) electrons. The molecule has 0 unspecified atom stereocenters. The third-order valence-electron chi connectivity index (χ3n) is 2.55. The molecule has 8 heteroatoms. The molecular weight excluding hydrogens is 246 g/mol. The summed E-state index contributed by atoms with van der Waals surface area (Å²) in [6.07, 6.45) is 0.